The first-order valence-corrected chi connectivity index (χ1v) is 17.6. The highest BCUT2D eigenvalue weighted by Crippen LogP contribution is 2.39. The molecule has 2 heterocycles. The van der Waals surface area contributed by atoms with Gasteiger partial charge >= 0.3 is 0 Å². The van der Waals surface area contributed by atoms with Crippen LogP contribution in [0.15, 0.2) is 146 Å². The van der Waals surface area contributed by atoms with Gasteiger partial charge in [-0.05, 0) is 40.5 Å². The Morgan fingerprint density at radius 1 is 0.615 bits per heavy atom. The lowest BCUT2D eigenvalue weighted by Crippen LogP contribution is -2.59. The smallest absolute Gasteiger partial charge is 0.163 e. The molecule has 266 valence electrons. The molecule has 8 nitrogen and oxygen atoms in total. The number of benzene rings is 5. The van der Waals surface area contributed by atoms with Gasteiger partial charge in [0.05, 0.1) is 45.7 Å². The zero-order valence-corrected chi connectivity index (χ0v) is 29.2. The van der Waals surface area contributed by atoms with Gasteiger partial charge in [-0.15, -0.1) is 0 Å². The summed E-state index contributed by atoms with van der Waals surface area (Å²) in [6.07, 6.45) is -0.442. The number of hydrogen-bond donors (Lipinski definition) is 0. The summed E-state index contributed by atoms with van der Waals surface area (Å²) in [5.41, 5.74) is 5.43. The third kappa shape index (κ3) is 8.50. The molecule has 8 heteroatoms. The van der Waals surface area contributed by atoms with Crippen LogP contribution in [-0.4, -0.2) is 49.0 Å². The van der Waals surface area contributed by atoms with Crippen LogP contribution in [0, 0.1) is 0 Å². The van der Waals surface area contributed by atoms with E-state index in [9.17, 15) is 4.79 Å². The van der Waals surface area contributed by atoms with Gasteiger partial charge in [-0.2, -0.15) is 0 Å². The molecule has 0 unspecified atom stereocenters. The second-order valence-corrected chi connectivity index (χ2v) is 12.8. The molecule has 7 rings (SSSR count). The normalized spacial score (nSPS) is 20.1. The molecule has 1 aromatic heterocycles. The Morgan fingerprint density at radius 3 is 1.63 bits per heavy atom. The average Bonchev–Trinajstić information content (AvgIpc) is 3.58. The van der Waals surface area contributed by atoms with Gasteiger partial charge in [0.15, 0.2) is 12.5 Å². The minimum Gasteiger partial charge on any atom is -0.497 e. The number of aldehydes is 1. The highest BCUT2D eigenvalue weighted by atomic mass is 16.6. The van der Waals surface area contributed by atoms with E-state index in [1.807, 2.05) is 150 Å². The molecule has 1 aliphatic heterocycles. The molecule has 0 bridgehead atoms. The number of aromatic nitrogens is 1. The van der Waals surface area contributed by atoms with Crippen molar-refractivity contribution in [2.75, 3.05) is 13.7 Å². The summed E-state index contributed by atoms with van der Waals surface area (Å²) in [7, 11) is 1.61. The van der Waals surface area contributed by atoms with E-state index in [4.69, 9.17) is 28.4 Å². The van der Waals surface area contributed by atoms with Crippen molar-refractivity contribution >= 4 is 17.2 Å². The van der Waals surface area contributed by atoms with E-state index in [1.165, 1.54) is 0 Å². The first-order chi connectivity index (χ1) is 25.7. The molecule has 0 radical (unpaired) electrons. The van der Waals surface area contributed by atoms with Crippen LogP contribution in [0.1, 0.15) is 38.8 Å². The molecule has 0 amide bonds. The minimum absolute atomic E-state index is 0.231. The Kier molecular flexibility index (Phi) is 11.8. The second kappa shape index (κ2) is 17.4. The molecule has 1 fully saturated rings. The number of methoxy groups -OCH3 is 1. The standard InChI is InChI=1S/C44H43NO7/c1-47-37-22-23-39-38(24-37)36(26-46)25-45(39)44-43(51-30-35-20-12-5-13-21-35)42(50-29-34-18-10-4-11-19-34)41(49-28-33-16-8-3-9-17-33)40(52-44)31-48-27-32-14-6-2-7-15-32/h2-26,40-44H,27-31H2,1H3/t40-,41-,42+,43-,44-/m1/s1. The molecule has 5 aromatic carbocycles. The Bertz CT molecular complexity index is 1990. The van der Waals surface area contributed by atoms with Gasteiger partial charge in [-0.3, -0.25) is 4.79 Å². The van der Waals surface area contributed by atoms with Crippen molar-refractivity contribution < 1.29 is 33.2 Å². The van der Waals surface area contributed by atoms with Crippen LogP contribution in [0.25, 0.3) is 10.9 Å². The van der Waals surface area contributed by atoms with Gasteiger partial charge in [0.2, 0.25) is 0 Å². The Labute approximate surface area is 304 Å². The molecule has 5 atom stereocenters. The maximum atomic E-state index is 12.5. The van der Waals surface area contributed by atoms with E-state index >= 15 is 0 Å². The fourth-order valence-corrected chi connectivity index (χ4v) is 6.68. The lowest BCUT2D eigenvalue weighted by Gasteiger charge is -2.46. The molecule has 1 saturated heterocycles. The zero-order valence-electron chi connectivity index (χ0n) is 29.2. The Balaban J connectivity index is 1.30. The SMILES string of the molecule is COc1ccc2c(c1)c(C=O)cn2[C@@H]1O[C@H](COCc2ccccc2)[C@@H](OCc2ccccc2)[C@H](OCc2ccccc2)[C@H]1OCc1ccccc1. The van der Waals surface area contributed by atoms with Crippen molar-refractivity contribution in [1.29, 1.82) is 0 Å². The third-order valence-corrected chi connectivity index (χ3v) is 9.33. The third-order valence-electron chi connectivity index (χ3n) is 9.33. The molecule has 52 heavy (non-hydrogen) atoms. The van der Waals surface area contributed by atoms with Crippen molar-refractivity contribution in [2.24, 2.45) is 0 Å². The van der Waals surface area contributed by atoms with Crippen LogP contribution in [0.2, 0.25) is 0 Å². The van der Waals surface area contributed by atoms with E-state index in [2.05, 4.69) is 0 Å². The number of hydrogen-bond acceptors (Lipinski definition) is 7. The van der Waals surface area contributed by atoms with Crippen molar-refractivity contribution in [2.45, 2.75) is 57.1 Å². The van der Waals surface area contributed by atoms with E-state index in [-0.39, 0.29) is 6.61 Å². The maximum Gasteiger partial charge on any atom is 0.163 e. The van der Waals surface area contributed by atoms with Crippen molar-refractivity contribution in [3.05, 3.63) is 174 Å². The number of nitrogens with zero attached hydrogens (tertiary/aromatic N) is 1. The largest absolute Gasteiger partial charge is 0.497 e. The predicted molar refractivity (Wildman–Crippen MR) is 199 cm³/mol. The van der Waals surface area contributed by atoms with Crippen molar-refractivity contribution in [1.82, 2.24) is 4.57 Å². The number of carbonyl (C=O) groups is 1. The summed E-state index contributed by atoms with van der Waals surface area (Å²) in [6.45, 7) is 1.61. The van der Waals surface area contributed by atoms with Crippen molar-refractivity contribution in [3.8, 4) is 5.75 Å². The van der Waals surface area contributed by atoms with E-state index in [1.54, 1.807) is 7.11 Å². The number of ether oxygens (including phenoxy) is 6. The number of carbonyl (C=O) groups excluding carboxylic acids is 1. The summed E-state index contributed by atoms with van der Waals surface area (Å²) in [4.78, 5) is 12.5. The van der Waals surface area contributed by atoms with Gasteiger partial charge in [-0.25, -0.2) is 0 Å². The van der Waals surface area contributed by atoms with Crippen LogP contribution in [0.4, 0.5) is 0 Å². The van der Waals surface area contributed by atoms with Gasteiger partial charge in [0, 0.05) is 17.1 Å². The van der Waals surface area contributed by atoms with Gasteiger partial charge in [-0.1, -0.05) is 121 Å². The fourth-order valence-electron chi connectivity index (χ4n) is 6.68. The highest BCUT2D eigenvalue weighted by molar-refractivity contribution is 5.98. The van der Waals surface area contributed by atoms with Crippen LogP contribution in [0.5, 0.6) is 5.75 Å². The molecule has 6 aromatic rings. The Morgan fingerprint density at radius 2 is 1.12 bits per heavy atom. The number of fused-ring (bicyclic) bond motifs is 1. The quantitative estimate of drug-likeness (QED) is 0.0942. The van der Waals surface area contributed by atoms with E-state index in [0.29, 0.717) is 37.7 Å². The van der Waals surface area contributed by atoms with E-state index < -0.39 is 30.6 Å². The van der Waals surface area contributed by atoms with Crippen molar-refractivity contribution in [3.63, 3.8) is 0 Å². The lowest BCUT2D eigenvalue weighted by molar-refractivity contribution is -0.289. The van der Waals surface area contributed by atoms with E-state index in [0.717, 1.165) is 39.4 Å². The summed E-state index contributed by atoms with van der Waals surface area (Å²) >= 11 is 0. The molecule has 0 saturated carbocycles. The summed E-state index contributed by atoms with van der Waals surface area (Å²) in [5, 5.41) is 0.751. The van der Waals surface area contributed by atoms with Crippen LogP contribution in [-0.2, 0) is 50.1 Å². The topological polar surface area (TPSA) is 77.4 Å². The van der Waals surface area contributed by atoms with Crippen LogP contribution >= 0.6 is 0 Å². The minimum atomic E-state index is -0.712. The highest BCUT2D eigenvalue weighted by Gasteiger charge is 2.49. The molecule has 0 spiro atoms. The van der Waals surface area contributed by atoms with Gasteiger partial charge < -0.3 is 33.0 Å². The Hall–Kier alpha value is -5.09. The van der Waals surface area contributed by atoms with Crippen LogP contribution < -0.4 is 4.74 Å². The molecule has 0 aliphatic carbocycles. The maximum absolute atomic E-state index is 12.5. The number of rotatable bonds is 16. The van der Waals surface area contributed by atoms with Gasteiger partial charge in [0.1, 0.15) is 30.2 Å². The first kappa shape index (κ1) is 35.3. The molecular formula is C44H43NO7. The molecular weight excluding hydrogens is 654 g/mol. The van der Waals surface area contributed by atoms with Gasteiger partial charge in [0.25, 0.3) is 0 Å². The summed E-state index contributed by atoms with van der Waals surface area (Å²) in [6, 6.07) is 45.9. The predicted octanol–water partition coefficient (Wildman–Crippen LogP) is 8.33. The lowest BCUT2D eigenvalue weighted by atomic mass is 9.96. The first-order valence-electron chi connectivity index (χ1n) is 17.6. The summed E-state index contributed by atoms with van der Waals surface area (Å²) < 4.78 is 41.5. The monoisotopic (exact) mass is 697 g/mol. The second-order valence-electron chi connectivity index (χ2n) is 12.8. The van der Waals surface area contributed by atoms with Crippen LogP contribution in [0.3, 0.4) is 0 Å². The zero-order chi connectivity index (χ0) is 35.5. The fraction of sp³-hybridized carbons (Fsp3) is 0.250. The summed E-state index contributed by atoms with van der Waals surface area (Å²) in [5.74, 6) is 0.653. The molecule has 1 aliphatic rings. The molecule has 0 N–H and O–H groups in total. The average molecular weight is 698 g/mol.